The largest absolute Gasteiger partial charge is 0.365 e. The highest BCUT2D eigenvalue weighted by atomic mass is 15.3. The molecule has 2 heteroatoms. The molecule has 1 aromatic rings. The van der Waals surface area contributed by atoms with Crippen molar-refractivity contribution in [2.45, 2.75) is 12.5 Å². The molecule has 2 heterocycles. The number of likely N-dealkylation sites (N-methyl/N-ethyl adjacent to an activating group) is 1. The van der Waals surface area contributed by atoms with E-state index < -0.39 is 0 Å². The van der Waals surface area contributed by atoms with E-state index in [1.165, 1.54) is 37.3 Å². The van der Waals surface area contributed by atoms with Gasteiger partial charge < -0.3 is 9.80 Å². The van der Waals surface area contributed by atoms with Crippen LogP contribution in [0.1, 0.15) is 5.56 Å². The van der Waals surface area contributed by atoms with Crippen LogP contribution in [0.15, 0.2) is 24.3 Å². The average Bonchev–Trinajstić information content (AvgIpc) is 2.56. The SMILES string of the molecule is CN1CC(N2CCc3ccccc32)C1. The Balaban J connectivity index is 1.84. The van der Waals surface area contributed by atoms with Gasteiger partial charge in [-0.25, -0.2) is 0 Å². The summed E-state index contributed by atoms with van der Waals surface area (Å²) in [5, 5.41) is 0. The summed E-state index contributed by atoms with van der Waals surface area (Å²) in [4.78, 5) is 4.96. The fourth-order valence-corrected chi connectivity index (χ4v) is 2.61. The Morgan fingerprint density at radius 2 is 2.00 bits per heavy atom. The van der Waals surface area contributed by atoms with Crippen molar-refractivity contribution in [3.8, 4) is 0 Å². The third-order valence-electron chi connectivity index (χ3n) is 3.41. The van der Waals surface area contributed by atoms with Gasteiger partial charge in [0, 0.05) is 25.3 Å². The molecule has 0 saturated carbocycles. The molecule has 74 valence electrons. The van der Waals surface area contributed by atoms with Crippen LogP contribution in [0.2, 0.25) is 0 Å². The molecule has 0 aliphatic carbocycles. The van der Waals surface area contributed by atoms with Crippen molar-refractivity contribution in [2.24, 2.45) is 0 Å². The second-order valence-corrected chi connectivity index (χ2v) is 4.45. The first kappa shape index (κ1) is 8.30. The van der Waals surface area contributed by atoms with Gasteiger partial charge in [-0.3, -0.25) is 0 Å². The smallest absolute Gasteiger partial charge is 0.0544 e. The van der Waals surface area contributed by atoms with Crippen LogP contribution < -0.4 is 4.90 Å². The molecule has 0 N–H and O–H groups in total. The van der Waals surface area contributed by atoms with E-state index in [0.717, 1.165) is 6.04 Å². The monoisotopic (exact) mass is 188 g/mol. The summed E-state index contributed by atoms with van der Waals surface area (Å²) in [6.45, 7) is 3.68. The summed E-state index contributed by atoms with van der Waals surface area (Å²) in [7, 11) is 2.19. The van der Waals surface area contributed by atoms with Crippen LogP contribution in [0.5, 0.6) is 0 Å². The Hall–Kier alpha value is -1.02. The molecule has 0 amide bonds. The minimum Gasteiger partial charge on any atom is -0.365 e. The Morgan fingerprint density at radius 1 is 1.21 bits per heavy atom. The van der Waals surface area contributed by atoms with E-state index in [4.69, 9.17) is 0 Å². The highest BCUT2D eigenvalue weighted by Gasteiger charge is 2.32. The van der Waals surface area contributed by atoms with E-state index in [1.54, 1.807) is 0 Å². The molecule has 0 atom stereocenters. The van der Waals surface area contributed by atoms with Crippen molar-refractivity contribution in [2.75, 3.05) is 31.6 Å². The van der Waals surface area contributed by atoms with Crippen LogP contribution in [-0.2, 0) is 6.42 Å². The van der Waals surface area contributed by atoms with Crippen molar-refractivity contribution in [1.29, 1.82) is 0 Å². The standard InChI is InChI=1S/C12H16N2/c1-13-8-11(9-13)14-7-6-10-4-2-3-5-12(10)14/h2-5,11H,6-9H2,1H3. The molecule has 0 spiro atoms. The van der Waals surface area contributed by atoms with Crippen LogP contribution in [0, 0.1) is 0 Å². The summed E-state index contributed by atoms with van der Waals surface area (Å²) in [6.07, 6.45) is 1.23. The topological polar surface area (TPSA) is 6.48 Å². The van der Waals surface area contributed by atoms with Crippen LogP contribution in [0.3, 0.4) is 0 Å². The second kappa shape index (κ2) is 2.99. The summed E-state index contributed by atoms with van der Waals surface area (Å²) in [5.41, 5.74) is 3.01. The van der Waals surface area contributed by atoms with Crippen molar-refractivity contribution in [1.82, 2.24) is 4.90 Å². The number of hydrogen-bond acceptors (Lipinski definition) is 2. The van der Waals surface area contributed by atoms with Crippen LogP contribution in [-0.4, -0.2) is 37.6 Å². The van der Waals surface area contributed by atoms with Gasteiger partial charge >= 0.3 is 0 Å². The molecule has 1 saturated heterocycles. The molecule has 3 rings (SSSR count). The van der Waals surface area contributed by atoms with Gasteiger partial charge in [0.1, 0.15) is 0 Å². The van der Waals surface area contributed by atoms with E-state index in [9.17, 15) is 0 Å². The average molecular weight is 188 g/mol. The third-order valence-corrected chi connectivity index (χ3v) is 3.41. The lowest BCUT2D eigenvalue weighted by Crippen LogP contribution is -2.57. The second-order valence-electron chi connectivity index (χ2n) is 4.45. The van der Waals surface area contributed by atoms with E-state index in [-0.39, 0.29) is 0 Å². The van der Waals surface area contributed by atoms with E-state index >= 15 is 0 Å². The van der Waals surface area contributed by atoms with Crippen molar-refractivity contribution in [3.63, 3.8) is 0 Å². The highest BCUT2D eigenvalue weighted by Crippen LogP contribution is 2.31. The molecule has 0 aromatic heterocycles. The number of nitrogens with zero attached hydrogens (tertiary/aromatic N) is 2. The Labute approximate surface area is 85.1 Å². The fraction of sp³-hybridized carbons (Fsp3) is 0.500. The molecule has 0 bridgehead atoms. The summed E-state index contributed by atoms with van der Waals surface area (Å²) >= 11 is 0. The van der Waals surface area contributed by atoms with Crippen LogP contribution in [0.4, 0.5) is 5.69 Å². The van der Waals surface area contributed by atoms with Crippen molar-refractivity contribution < 1.29 is 0 Å². The maximum atomic E-state index is 2.58. The van der Waals surface area contributed by atoms with Crippen molar-refractivity contribution >= 4 is 5.69 Å². The molecule has 0 unspecified atom stereocenters. The summed E-state index contributed by atoms with van der Waals surface area (Å²) in [6, 6.07) is 9.59. The first-order chi connectivity index (χ1) is 6.84. The quantitative estimate of drug-likeness (QED) is 0.656. The normalized spacial score (nSPS) is 22.2. The lowest BCUT2D eigenvalue weighted by molar-refractivity contribution is 0.185. The van der Waals surface area contributed by atoms with E-state index in [0.29, 0.717) is 0 Å². The van der Waals surface area contributed by atoms with Crippen LogP contribution >= 0.6 is 0 Å². The highest BCUT2D eigenvalue weighted by molar-refractivity contribution is 5.59. The van der Waals surface area contributed by atoms with Gasteiger partial charge in [0.2, 0.25) is 0 Å². The predicted molar refractivity (Wildman–Crippen MR) is 58.8 cm³/mol. The molecule has 1 fully saturated rings. The maximum absolute atomic E-state index is 2.58. The minimum absolute atomic E-state index is 0.767. The van der Waals surface area contributed by atoms with Gasteiger partial charge in [0.25, 0.3) is 0 Å². The number of para-hydroxylation sites is 1. The zero-order chi connectivity index (χ0) is 9.54. The Kier molecular flexibility index (Phi) is 1.77. The van der Waals surface area contributed by atoms with Gasteiger partial charge in [0.05, 0.1) is 6.04 Å². The summed E-state index contributed by atoms with van der Waals surface area (Å²) < 4.78 is 0. The number of likely N-dealkylation sites (tertiary alicyclic amines) is 1. The van der Waals surface area contributed by atoms with E-state index in [1.807, 2.05) is 0 Å². The van der Waals surface area contributed by atoms with Gasteiger partial charge in [-0.2, -0.15) is 0 Å². The predicted octanol–water partition coefficient (Wildman–Crippen LogP) is 1.36. The first-order valence-electron chi connectivity index (χ1n) is 5.38. The molecule has 2 aliphatic heterocycles. The fourth-order valence-electron chi connectivity index (χ4n) is 2.61. The third kappa shape index (κ3) is 1.14. The number of fused-ring (bicyclic) bond motifs is 1. The number of hydrogen-bond donors (Lipinski definition) is 0. The first-order valence-corrected chi connectivity index (χ1v) is 5.38. The summed E-state index contributed by atoms with van der Waals surface area (Å²) in [5.74, 6) is 0. The van der Waals surface area contributed by atoms with Gasteiger partial charge in [-0.15, -0.1) is 0 Å². The molecule has 0 radical (unpaired) electrons. The molecule has 14 heavy (non-hydrogen) atoms. The van der Waals surface area contributed by atoms with Gasteiger partial charge in [-0.05, 0) is 25.1 Å². The lowest BCUT2D eigenvalue weighted by atomic mass is 10.1. The minimum atomic E-state index is 0.767. The molecule has 2 nitrogen and oxygen atoms in total. The molecule has 2 aliphatic rings. The zero-order valence-electron chi connectivity index (χ0n) is 8.61. The number of benzene rings is 1. The molecular formula is C12H16N2. The zero-order valence-corrected chi connectivity index (χ0v) is 8.61. The van der Waals surface area contributed by atoms with Crippen molar-refractivity contribution in [3.05, 3.63) is 29.8 Å². The van der Waals surface area contributed by atoms with Crippen LogP contribution in [0.25, 0.3) is 0 Å². The van der Waals surface area contributed by atoms with Gasteiger partial charge in [0.15, 0.2) is 0 Å². The Morgan fingerprint density at radius 3 is 2.79 bits per heavy atom. The lowest BCUT2D eigenvalue weighted by Gasteiger charge is -2.43. The number of rotatable bonds is 1. The van der Waals surface area contributed by atoms with E-state index in [2.05, 4.69) is 41.1 Å². The molecular weight excluding hydrogens is 172 g/mol. The maximum Gasteiger partial charge on any atom is 0.0544 e. The number of anilines is 1. The van der Waals surface area contributed by atoms with Gasteiger partial charge in [-0.1, -0.05) is 18.2 Å². The molecule has 1 aromatic carbocycles. The Bertz CT molecular complexity index is 342.